The van der Waals surface area contributed by atoms with Crippen molar-refractivity contribution in [2.45, 2.75) is 33.1 Å². The standard InChI is InChI=1S/C17H23N7O2/c1-12-6-13(2)23(21-12)9-15-8-22(4-5-26-15)16-7-14(10-25-3)20-17-18-11-19-24(16)17/h6-7,11,15H,4-5,8-10H2,1-3H3. The highest BCUT2D eigenvalue weighted by Gasteiger charge is 2.24. The summed E-state index contributed by atoms with van der Waals surface area (Å²) in [4.78, 5) is 11.0. The van der Waals surface area contributed by atoms with Gasteiger partial charge >= 0.3 is 0 Å². The number of methoxy groups -OCH3 is 1. The fourth-order valence-corrected chi connectivity index (χ4v) is 3.38. The van der Waals surface area contributed by atoms with Crippen molar-refractivity contribution < 1.29 is 9.47 Å². The van der Waals surface area contributed by atoms with Crippen LogP contribution in [0.1, 0.15) is 17.1 Å². The molecule has 9 nitrogen and oxygen atoms in total. The van der Waals surface area contributed by atoms with Crippen LogP contribution in [-0.4, -0.2) is 62.3 Å². The number of aromatic nitrogens is 6. The topological polar surface area (TPSA) is 82.6 Å². The van der Waals surface area contributed by atoms with Crippen molar-refractivity contribution >= 4 is 11.6 Å². The van der Waals surface area contributed by atoms with Crippen LogP contribution in [0.5, 0.6) is 0 Å². The molecule has 1 aliphatic rings. The number of hydrogen-bond acceptors (Lipinski definition) is 7. The van der Waals surface area contributed by atoms with Crippen LogP contribution in [0.2, 0.25) is 0 Å². The Labute approximate surface area is 151 Å². The zero-order valence-corrected chi connectivity index (χ0v) is 15.3. The summed E-state index contributed by atoms with van der Waals surface area (Å²) in [5.74, 6) is 1.54. The molecule has 3 aromatic rings. The predicted octanol–water partition coefficient (Wildman–Crippen LogP) is 0.989. The van der Waals surface area contributed by atoms with Gasteiger partial charge in [-0.1, -0.05) is 0 Å². The molecule has 0 aromatic carbocycles. The molecule has 9 heteroatoms. The number of rotatable bonds is 5. The highest BCUT2D eigenvalue weighted by Crippen LogP contribution is 2.20. The van der Waals surface area contributed by atoms with Gasteiger partial charge in [-0.2, -0.15) is 19.7 Å². The molecule has 0 N–H and O–H groups in total. The molecular formula is C17H23N7O2. The van der Waals surface area contributed by atoms with Crippen molar-refractivity contribution in [1.29, 1.82) is 0 Å². The van der Waals surface area contributed by atoms with E-state index < -0.39 is 0 Å². The Morgan fingerprint density at radius 1 is 1.31 bits per heavy atom. The van der Waals surface area contributed by atoms with Gasteiger partial charge < -0.3 is 14.4 Å². The van der Waals surface area contributed by atoms with Crippen molar-refractivity contribution in [2.75, 3.05) is 31.7 Å². The van der Waals surface area contributed by atoms with Crippen molar-refractivity contribution in [3.63, 3.8) is 0 Å². The zero-order chi connectivity index (χ0) is 18.1. The summed E-state index contributed by atoms with van der Waals surface area (Å²) in [5, 5.41) is 8.87. The quantitative estimate of drug-likeness (QED) is 0.673. The van der Waals surface area contributed by atoms with E-state index in [4.69, 9.17) is 9.47 Å². The average Bonchev–Trinajstić information content (AvgIpc) is 3.21. The molecule has 0 amide bonds. The molecule has 4 heterocycles. The maximum absolute atomic E-state index is 5.98. The molecule has 138 valence electrons. The molecule has 0 saturated carbocycles. The van der Waals surface area contributed by atoms with E-state index in [1.807, 2.05) is 17.7 Å². The SMILES string of the molecule is COCc1cc(N2CCOC(Cn3nc(C)cc3C)C2)n2ncnc2n1. The minimum atomic E-state index is 0.0550. The second kappa shape index (κ2) is 7.00. The predicted molar refractivity (Wildman–Crippen MR) is 95.1 cm³/mol. The Kier molecular flexibility index (Phi) is 4.56. The Morgan fingerprint density at radius 2 is 2.19 bits per heavy atom. The van der Waals surface area contributed by atoms with Gasteiger partial charge in [0.15, 0.2) is 0 Å². The first-order valence-electron chi connectivity index (χ1n) is 8.70. The van der Waals surface area contributed by atoms with Crippen LogP contribution >= 0.6 is 0 Å². The number of hydrogen-bond donors (Lipinski definition) is 0. The Morgan fingerprint density at radius 3 is 2.96 bits per heavy atom. The second-order valence-corrected chi connectivity index (χ2v) is 6.56. The fraction of sp³-hybridized carbons (Fsp3) is 0.529. The van der Waals surface area contributed by atoms with Gasteiger partial charge in [0.25, 0.3) is 5.78 Å². The molecule has 3 aromatic heterocycles. The summed E-state index contributed by atoms with van der Waals surface area (Å²) in [6.45, 7) is 7.44. The molecule has 0 bridgehead atoms. The smallest absolute Gasteiger partial charge is 0.254 e. The second-order valence-electron chi connectivity index (χ2n) is 6.56. The number of ether oxygens (including phenoxy) is 2. The summed E-state index contributed by atoms with van der Waals surface area (Å²) < 4.78 is 15.0. The van der Waals surface area contributed by atoms with Gasteiger partial charge in [0, 0.05) is 32.0 Å². The van der Waals surface area contributed by atoms with Crippen LogP contribution in [0, 0.1) is 13.8 Å². The van der Waals surface area contributed by atoms with Gasteiger partial charge in [-0.15, -0.1) is 0 Å². The Balaban J connectivity index is 1.58. The summed E-state index contributed by atoms with van der Waals surface area (Å²) in [6, 6.07) is 4.09. The Bertz CT molecular complexity index is 904. The average molecular weight is 357 g/mol. The number of anilines is 1. The molecule has 1 fully saturated rings. The van der Waals surface area contributed by atoms with E-state index in [9.17, 15) is 0 Å². The van der Waals surface area contributed by atoms with Crippen LogP contribution in [0.4, 0.5) is 5.82 Å². The third kappa shape index (κ3) is 3.27. The van der Waals surface area contributed by atoms with Gasteiger partial charge in [-0.05, 0) is 19.9 Å². The van der Waals surface area contributed by atoms with Crippen molar-refractivity contribution in [1.82, 2.24) is 29.4 Å². The molecule has 0 spiro atoms. The summed E-state index contributed by atoms with van der Waals surface area (Å²) in [7, 11) is 1.66. The number of morpholine rings is 1. The molecule has 1 aliphatic heterocycles. The lowest BCUT2D eigenvalue weighted by Crippen LogP contribution is -2.45. The molecule has 26 heavy (non-hydrogen) atoms. The lowest BCUT2D eigenvalue weighted by atomic mass is 10.2. The van der Waals surface area contributed by atoms with E-state index in [2.05, 4.69) is 38.1 Å². The lowest BCUT2D eigenvalue weighted by molar-refractivity contribution is 0.0266. The first kappa shape index (κ1) is 16.9. The van der Waals surface area contributed by atoms with Crippen molar-refractivity contribution in [2.24, 2.45) is 0 Å². The lowest BCUT2D eigenvalue weighted by Gasteiger charge is -2.34. The molecular weight excluding hydrogens is 334 g/mol. The van der Waals surface area contributed by atoms with Crippen LogP contribution in [0.25, 0.3) is 5.78 Å². The minimum Gasteiger partial charge on any atom is -0.378 e. The monoisotopic (exact) mass is 357 g/mol. The van der Waals surface area contributed by atoms with Gasteiger partial charge in [0.05, 0.1) is 37.3 Å². The maximum atomic E-state index is 5.98. The van der Waals surface area contributed by atoms with E-state index >= 15 is 0 Å². The van der Waals surface area contributed by atoms with Gasteiger partial charge in [-0.3, -0.25) is 4.68 Å². The molecule has 0 aliphatic carbocycles. The van der Waals surface area contributed by atoms with Crippen LogP contribution < -0.4 is 4.90 Å². The van der Waals surface area contributed by atoms with Crippen molar-refractivity contribution in [3.05, 3.63) is 35.5 Å². The summed E-state index contributed by atoms with van der Waals surface area (Å²) in [5.41, 5.74) is 3.01. The molecule has 1 atom stereocenters. The summed E-state index contributed by atoms with van der Waals surface area (Å²) in [6.07, 6.45) is 1.58. The van der Waals surface area contributed by atoms with Crippen LogP contribution in [0.3, 0.4) is 0 Å². The summed E-state index contributed by atoms with van der Waals surface area (Å²) >= 11 is 0. The van der Waals surface area contributed by atoms with Crippen molar-refractivity contribution in [3.8, 4) is 0 Å². The number of fused-ring (bicyclic) bond motifs is 1. The molecule has 1 saturated heterocycles. The third-order valence-corrected chi connectivity index (χ3v) is 4.52. The zero-order valence-electron chi connectivity index (χ0n) is 15.3. The minimum absolute atomic E-state index is 0.0550. The van der Waals surface area contributed by atoms with Gasteiger partial charge in [0.1, 0.15) is 12.1 Å². The number of nitrogens with zero attached hydrogens (tertiary/aromatic N) is 7. The molecule has 4 rings (SSSR count). The van der Waals surface area contributed by atoms with E-state index in [0.717, 1.165) is 42.5 Å². The molecule has 0 radical (unpaired) electrons. The Hall–Kier alpha value is -2.52. The third-order valence-electron chi connectivity index (χ3n) is 4.52. The fourth-order valence-electron chi connectivity index (χ4n) is 3.38. The van der Waals surface area contributed by atoms with E-state index in [-0.39, 0.29) is 6.10 Å². The first-order chi connectivity index (χ1) is 12.6. The van der Waals surface area contributed by atoms with E-state index in [1.165, 1.54) is 6.33 Å². The molecule has 1 unspecified atom stereocenters. The highest BCUT2D eigenvalue weighted by molar-refractivity contribution is 5.47. The largest absolute Gasteiger partial charge is 0.378 e. The van der Waals surface area contributed by atoms with Crippen LogP contribution in [-0.2, 0) is 22.6 Å². The maximum Gasteiger partial charge on any atom is 0.254 e. The highest BCUT2D eigenvalue weighted by atomic mass is 16.5. The van der Waals surface area contributed by atoms with Gasteiger partial charge in [0.2, 0.25) is 0 Å². The first-order valence-corrected chi connectivity index (χ1v) is 8.70. The van der Waals surface area contributed by atoms with E-state index in [0.29, 0.717) is 19.0 Å². The normalized spacial score (nSPS) is 18.0. The van der Waals surface area contributed by atoms with E-state index in [1.54, 1.807) is 11.6 Å². The van der Waals surface area contributed by atoms with Crippen LogP contribution in [0.15, 0.2) is 18.5 Å². The van der Waals surface area contributed by atoms with Gasteiger partial charge in [-0.25, -0.2) is 4.98 Å². The number of aryl methyl sites for hydroxylation is 2.